The van der Waals surface area contributed by atoms with Crippen LogP contribution in [0.3, 0.4) is 0 Å². The van der Waals surface area contributed by atoms with E-state index < -0.39 is 0 Å². The maximum absolute atomic E-state index is 13.6. The Hall–Kier alpha value is -3.29. The molecule has 1 aromatic heterocycles. The first-order chi connectivity index (χ1) is 18.3. The minimum atomic E-state index is -0.118. The topological polar surface area (TPSA) is 64.0 Å². The van der Waals surface area contributed by atoms with Gasteiger partial charge >= 0.3 is 0 Å². The summed E-state index contributed by atoms with van der Waals surface area (Å²) in [5.74, 6) is 0.792. The zero-order chi connectivity index (χ0) is 27.5. The van der Waals surface area contributed by atoms with Crippen molar-refractivity contribution in [3.05, 3.63) is 88.7 Å². The molecule has 204 valence electrons. The lowest BCUT2D eigenvalue weighted by Gasteiger charge is -2.29. The summed E-state index contributed by atoms with van der Waals surface area (Å²) >= 11 is 6.39. The van der Waals surface area contributed by atoms with E-state index in [0.717, 1.165) is 22.6 Å². The van der Waals surface area contributed by atoms with Gasteiger partial charge in [-0.2, -0.15) is 0 Å². The third-order valence-electron chi connectivity index (χ3n) is 6.27. The fourth-order valence-electron chi connectivity index (χ4n) is 4.23. The molecule has 0 saturated carbocycles. The Balaban J connectivity index is 1.73. The summed E-state index contributed by atoms with van der Waals surface area (Å²) < 4.78 is 12.5. The van der Waals surface area contributed by atoms with Gasteiger partial charge in [0.2, 0.25) is 11.8 Å². The SMILES string of the molecule is COCCN(CC(=O)N(Cc1cccn1Cc1ccccc1Cl)CC(C)C)C(=O)Cc1ccc(OC)cc1. The van der Waals surface area contributed by atoms with Crippen molar-refractivity contribution in [1.82, 2.24) is 14.4 Å². The number of methoxy groups -OCH3 is 2. The van der Waals surface area contributed by atoms with Gasteiger partial charge in [0.15, 0.2) is 0 Å². The van der Waals surface area contributed by atoms with Crippen LogP contribution in [0.15, 0.2) is 66.9 Å². The number of hydrogen-bond acceptors (Lipinski definition) is 4. The van der Waals surface area contributed by atoms with Crippen LogP contribution < -0.4 is 4.74 Å². The minimum Gasteiger partial charge on any atom is -0.497 e. The van der Waals surface area contributed by atoms with Gasteiger partial charge in [0.1, 0.15) is 5.75 Å². The Morgan fingerprint density at radius 1 is 0.947 bits per heavy atom. The van der Waals surface area contributed by atoms with Gasteiger partial charge in [0, 0.05) is 43.7 Å². The molecule has 0 radical (unpaired) electrons. The van der Waals surface area contributed by atoms with Crippen molar-refractivity contribution in [2.24, 2.45) is 5.92 Å². The van der Waals surface area contributed by atoms with Gasteiger partial charge in [0.05, 0.1) is 33.2 Å². The molecule has 0 N–H and O–H groups in total. The lowest BCUT2D eigenvalue weighted by Crippen LogP contribution is -2.45. The summed E-state index contributed by atoms with van der Waals surface area (Å²) in [5.41, 5.74) is 2.89. The van der Waals surface area contributed by atoms with Crippen LogP contribution in [0.4, 0.5) is 0 Å². The van der Waals surface area contributed by atoms with Gasteiger partial charge in [-0.25, -0.2) is 0 Å². The molecule has 0 atom stereocenters. The smallest absolute Gasteiger partial charge is 0.242 e. The number of halogens is 1. The van der Waals surface area contributed by atoms with Crippen molar-refractivity contribution < 1.29 is 19.1 Å². The van der Waals surface area contributed by atoms with Gasteiger partial charge in [-0.05, 0) is 47.4 Å². The first kappa shape index (κ1) is 29.3. The van der Waals surface area contributed by atoms with Crippen LogP contribution >= 0.6 is 11.6 Å². The van der Waals surface area contributed by atoms with E-state index in [2.05, 4.69) is 18.4 Å². The number of amides is 2. The van der Waals surface area contributed by atoms with Crippen LogP contribution in [-0.2, 0) is 33.8 Å². The molecule has 2 amide bonds. The maximum Gasteiger partial charge on any atom is 0.242 e. The van der Waals surface area contributed by atoms with Crippen molar-refractivity contribution in [3.8, 4) is 5.75 Å². The predicted molar refractivity (Wildman–Crippen MR) is 150 cm³/mol. The molecule has 0 aliphatic carbocycles. The molecule has 0 aliphatic rings. The molecule has 2 aromatic carbocycles. The molecule has 3 rings (SSSR count). The molecule has 8 heteroatoms. The summed E-state index contributed by atoms with van der Waals surface area (Å²) in [5, 5.41) is 0.714. The average Bonchev–Trinajstić information content (AvgIpc) is 3.33. The quantitative estimate of drug-likeness (QED) is 0.292. The highest BCUT2D eigenvalue weighted by Gasteiger charge is 2.23. The summed E-state index contributed by atoms with van der Waals surface area (Å²) in [7, 11) is 3.20. The predicted octanol–water partition coefficient (Wildman–Crippen LogP) is 4.90. The van der Waals surface area contributed by atoms with Crippen molar-refractivity contribution in [2.45, 2.75) is 33.4 Å². The summed E-state index contributed by atoms with van der Waals surface area (Å²) in [4.78, 5) is 30.2. The van der Waals surface area contributed by atoms with Gasteiger partial charge in [-0.3, -0.25) is 9.59 Å². The molecule has 1 heterocycles. The molecular weight excluding hydrogens is 502 g/mol. The Labute approximate surface area is 230 Å². The summed E-state index contributed by atoms with van der Waals surface area (Å²) in [6.07, 6.45) is 2.20. The maximum atomic E-state index is 13.6. The van der Waals surface area contributed by atoms with E-state index in [1.807, 2.05) is 71.8 Å². The molecule has 3 aromatic rings. The number of benzene rings is 2. The van der Waals surface area contributed by atoms with Crippen molar-refractivity contribution in [1.29, 1.82) is 0 Å². The van der Waals surface area contributed by atoms with Gasteiger partial charge in [0.25, 0.3) is 0 Å². The molecule has 7 nitrogen and oxygen atoms in total. The lowest BCUT2D eigenvalue weighted by atomic mass is 10.1. The molecule has 0 fully saturated rings. The number of hydrogen-bond donors (Lipinski definition) is 0. The molecular formula is C30H38ClN3O4. The van der Waals surface area contributed by atoms with E-state index in [4.69, 9.17) is 21.1 Å². The Kier molecular flexibility index (Phi) is 11.2. The fourth-order valence-corrected chi connectivity index (χ4v) is 4.43. The Bertz CT molecular complexity index is 1180. The van der Waals surface area contributed by atoms with E-state index >= 15 is 0 Å². The molecule has 0 saturated heterocycles. The standard InChI is InChI=1S/C30H38ClN3O4/c1-23(2)19-34(21-26-9-7-15-32(26)20-25-8-5-6-10-28(25)31)30(36)22-33(16-17-37-3)29(35)18-24-11-13-27(38-4)14-12-24/h5-15,23H,16-22H2,1-4H3. The van der Waals surface area contributed by atoms with E-state index in [1.165, 1.54) is 0 Å². The first-order valence-electron chi connectivity index (χ1n) is 12.9. The largest absolute Gasteiger partial charge is 0.497 e. The van der Waals surface area contributed by atoms with E-state index in [1.54, 1.807) is 19.1 Å². The Morgan fingerprint density at radius 2 is 1.68 bits per heavy atom. The fraction of sp³-hybridized carbons (Fsp3) is 0.400. The molecule has 0 bridgehead atoms. The van der Waals surface area contributed by atoms with E-state index in [9.17, 15) is 9.59 Å². The zero-order valence-corrected chi connectivity index (χ0v) is 23.5. The minimum absolute atomic E-state index is 0.00368. The van der Waals surface area contributed by atoms with Crippen molar-refractivity contribution in [2.75, 3.05) is 40.5 Å². The third-order valence-corrected chi connectivity index (χ3v) is 6.64. The average molecular weight is 540 g/mol. The highest BCUT2D eigenvalue weighted by atomic mass is 35.5. The molecule has 0 spiro atoms. The van der Waals surface area contributed by atoms with Gasteiger partial charge < -0.3 is 23.8 Å². The highest BCUT2D eigenvalue weighted by molar-refractivity contribution is 6.31. The molecule has 0 aliphatic heterocycles. The summed E-state index contributed by atoms with van der Waals surface area (Å²) in [6, 6.07) is 19.2. The Morgan fingerprint density at radius 3 is 2.34 bits per heavy atom. The normalized spacial score (nSPS) is 11.0. The van der Waals surface area contributed by atoms with Crippen LogP contribution in [-0.4, -0.2) is 66.6 Å². The van der Waals surface area contributed by atoms with Crippen LogP contribution in [0.2, 0.25) is 5.02 Å². The number of carbonyl (C=O) groups is 2. The second kappa shape index (κ2) is 14.6. The van der Waals surface area contributed by atoms with Crippen LogP contribution in [0.1, 0.15) is 30.7 Å². The summed E-state index contributed by atoms with van der Waals surface area (Å²) in [6.45, 7) is 6.51. The van der Waals surface area contributed by atoms with Crippen LogP contribution in [0.5, 0.6) is 5.75 Å². The van der Waals surface area contributed by atoms with Crippen LogP contribution in [0, 0.1) is 5.92 Å². The highest BCUT2D eigenvalue weighted by Crippen LogP contribution is 2.19. The molecule has 38 heavy (non-hydrogen) atoms. The van der Waals surface area contributed by atoms with Gasteiger partial charge in [-0.15, -0.1) is 0 Å². The number of nitrogens with zero attached hydrogens (tertiary/aromatic N) is 3. The second-order valence-corrected chi connectivity index (χ2v) is 10.1. The number of aromatic nitrogens is 1. The first-order valence-corrected chi connectivity index (χ1v) is 13.2. The van der Waals surface area contributed by atoms with Crippen molar-refractivity contribution in [3.63, 3.8) is 0 Å². The van der Waals surface area contributed by atoms with Crippen molar-refractivity contribution >= 4 is 23.4 Å². The van der Waals surface area contributed by atoms with Gasteiger partial charge in [-0.1, -0.05) is 55.8 Å². The zero-order valence-electron chi connectivity index (χ0n) is 22.7. The number of ether oxygens (including phenoxy) is 2. The van der Waals surface area contributed by atoms with Crippen LogP contribution in [0.25, 0.3) is 0 Å². The monoisotopic (exact) mass is 539 g/mol. The lowest BCUT2D eigenvalue weighted by molar-refractivity contribution is -0.141. The third kappa shape index (κ3) is 8.64. The van der Waals surface area contributed by atoms with E-state index in [-0.39, 0.29) is 30.7 Å². The molecule has 0 unspecified atom stereocenters. The number of rotatable bonds is 14. The second-order valence-electron chi connectivity index (χ2n) is 9.72. The van der Waals surface area contributed by atoms with E-state index in [0.29, 0.717) is 37.8 Å². The number of carbonyl (C=O) groups excluding carboxylic acids is 2.